The van der Waals surface area contributed by atoms with Crippen LogP contribution < -0.4 is 10.2 Å². The molecule has 118 valence electrons. The van der Waals surface area contributed by atoms with Crippen LogP contribution in [0.3, 0.4) is 0 Å². The number of anilines is 2. The van der Waals surface area contributed by atoms with E-state index >= 15 is 0 Å². The van der Waals surface area contributed by atoms with E-state index in [1.807, 2.05) is 19.1 Å². The third-order valence-corrected chi connectivity index (χ3v) is 3.99. The van der Waals surface area contributed by atoms with E-state index in [9.17, 15) is 0 Å². The number of nitrogens with one attached hydrogen (secondary N) is 1. The summed E-state index contributed by atoms with van der Waals surface area (Å²) in [7, 11) is 0. The van der Waals surface area contributed by atoms with Crippen LogP contribution >= 0.6 is 0 Å². The lowest BCUT2D eigenvalue weighted by atomic mass is 10.2. The molecule has 0 spiro atoms. The number of morpholine rings is 1. The van der Waals surface area contributed by atoms with Crippen molar-refractivity contribution < 1.29 is 4.74 Å². The fourth-order valence-electron chi connectivity index (χ4n) is 2.58. The van der Waals surface area contributed by atoms with Gasteiger partial charge in [-0.05, 0) is 36.2 Å². The number of hydrogen-bond donors (Lipinski definition) is 1. The SMILES string of the molecule is Cc1ccc(NCc2ccc(N3CCOCC3)cc2)nc1C#N. The van der Waals surface area contributed by atoms with Gasteiger partial charge in [0, 0.05) is 25.3 Å². The Balaban J connectivity index is 1.61. The number of aromatic nitrogens is 1. The minimum absolute atomic E-state index is 0.470. The predicted octanol–water partition coefficient (Wildman–Crippen LogP) is 2.71. The summed E-state index contributed by atoms with van der Waals surface area (Å²) >= 11 is 0. The summed E-state index contributed by atoms with van der Waals surface area (Å²) < 4.78 is 5.38. The Bertz CT molecular complexity index is 700. The molecule has 0 radical (unpaired) electrons. The fraction of sp³-hybridized carbons (Fsp3) is 0.333. The van der Waals surface area contributed by atoms with E-state index in [4.69, 9.17) is 10.00 Å². The Labute approximate surface area is 136 Å². The quantitative estimate of drug-likeness (QED) is 0.941. The number of ether oxygens (including phenoxy) is 1. The summed E-state index contributed by atoms with van der Waals surface area (Å²) in [5, 5.41) is 12.3. The Morgan fingerprint density at radius 2 is 1.91 bits per heavy atom. The van der Waals surface area contributed by atoms with Gasteiger partial charge in [0.25, 0.3) is 0 Å². The van der Waals surface area contributed by atoms with Gasteiger partial charge in [-0.1, -0.05) is 18.2 Å². The van der Waals surface area contributed by atoms with Crippen LogP contribution in [-0.2, 0) is 11.3 Å². The zero-order chi connectivity index (χ0) is 16.1. The first kappa shape index (κ1) is 15.3. The average molecular weight is 308 g/mol. The molecule has 5 nitrogen and oxygen atoms in total. The molecule has 23 heavy (non-hydrogen) atoms. The molecule has 1 aromatic carbocycles. The summed E-state index contributed by atoms with van der Waals surface area (Å²) in [5.41, 5.74) is 3.78. The second-order valence-corrected chi connectivity index (χ2v) is 5.59. The van der Waals surface area contributed by atoms with Gasteiger partial charge in [-0.15, -0.1) is 0 Å². The standard InChI is InChI=1S/C18H20N4O/c1-14-2-7-18(21-17(14)12-19)20-13-15-3-5-16(6-4-15)22-8-10-23-11-9-22/h2-7H,8-11,13H2,1H3,(H,20,21). The van der Waals surface area contributed by atoms with Crippen molar-refractivity contribution in [3.63, 3.8) is 0 Å². The second kappa shape index (κ2) is 7.12. The van der Waals surface area contributed by atoms with Crippen LogP contribution in [0.2, 0.25) is 0 Å². The van der Waals surface area contributed by atoms with E-state index < -0.39 is 0 Å². The Kier molecular flexibility index (Phi) is 4.74. The van der Waals surface area contributed by atoms with Gasteiger partial charge in [-0.3, -0.25) is 0 Å². The van der Waals surface area contributed by atoms with Crippen molar-refractivity contribution in [1.82, 2.24) is 4.98 Å². The van der Waals surface area contributed by atoms with Gasteiger partial charge < -0.3 is 15.0 Å². The van der Waals surface area contributed by atoms with Crippen molar-refractivity contribution in [2.24, 2.45) is 0 Å². The average Bonchev–Trinajstić information content (AvgIpc) is 2.62. The van der Waals surface area contributed by atoms with Crippen molar-refractivity contribution >= 4 is 11.5 Å². The van der Waals surface area contributed by atoms with E-state index in [2.05, 4.69) is 45.5 Å². The molecule has 1 aliphatic heterocycles. The topological polar surface area (TPSA) is 61.2 Å². The summed E-state index contributed by atoms with van der Waals surface area (Å²) in [4.78, 5) is 6.64. The number of nitriles is 1. The van der Waals surface area contributed by atoms with Gasteiger partial charge >= 0.3 is 0 Å². The Morgan fingerprint density at radius 1 is 1.17 bits per heavy atom. The van der Waals surface area contributed by atoms with Crippen molar-refractivity contribution in [3.8, 4) is 6.07 Å². The maximum Gasteiger partial charge on any atom is 0.145 e. The summed E-state index contributed by atoms with van der Waals surface area (Å²) in [6.45, 7) is 6.06. The van der Waals surface area contributed by atoms with Crippen LogP contribution in [0, 0.1) is 18.3 Å². The lowest BCUT2D eigenvalue weighted by molar-refractivity contribution is 0.122. The maximum absolute atomic E-state index is 9.03. The molecule has 2 aromatic rings. The third kappa shape index (κ3) is 3.79. The molecule has 0 unspecified atom stereocenters. The minimum atomic E-state index is 0.470. The highest BCUT2D eigenvalue weighted by Crippen LogP contribution is 2.17. The molecule has 2 heterocycles. The van der Waals surface area contributed by atoms with Crippen LogP contribution in [0.1, 0.15) is 16.8 Å². The highest BCUT2D eigenvalue weighted by Gasteiger charge is 2.10. The molecule has 0 bridgehead atoms. The maximum atomic E-state index is 9.03. The fourth-order valence-corrected chi connectivity index (χ4v) is 2.58. The van der Waals surface area contributed by atoms with Gasteiger partial charge in [0.2, 0.25) is 0 Å². The molecule has 1 aromatic heterocycles. The highest BCUT2D eigenvalue weighted by atomic mass is 16.5. The van der Waals surface area contributed by atoms with Crippen LogP contribution in [0.15, 0.2) is 36.4 Å². The molecular weight excluding hydrogens is 288 g/mol. The summed E-state index contributed by atoms with van der Waals surface area (Å²) in [5.74, 6) is 0.726. The molecule has 0 aliphatic carbocycles. The number of pyridine rings is 1. The molecule has 1 aliphatic rings. The lowest BCUT2D eigenvalue weighted by Gasteiger charge is -2.28. The first-order valence-corrected chi connectivity index (χ1v) is 7.79. The minimum Gasteiger partial charge on any atom is -0.378 e. The number of nitrogens with zero attached hydrogens (tertiary/aromatic N) is 3. The van der Waals surface area contributed by atoms with Crippen LogP contribution in [0.25, 0.3) is 0 Å². The van der Waals surface area contributed by atoms with Crippen molar-refractivity contribution in [3.05, 3.63) is 53.2 Å². The van der Waals surface area contributed by atoms with Crippen molar-refractivity contribution in [2.45, 2.75) is 13.5 Å². The number of benzene rings is 1. The largest absolute Gasteiger partial charge is 0.378 e. The highest BCUT2D eigenvalue weighted by molar-refractivity contribution is 5.49. The zero-order valence-electron chi connectivity index (χ0n) is 13.2. The first-order valence-electron chi connectivity index (χ1n) is 7.79. The zero-order valence-corrected chi connectivity index (χ0v) is 13.2. The molecule has 3 rings (SSSR count). The van der Waals surface area contributed by atoms with E-state index in [-0.39, 0.29) is 0 Å². The Hall–Kier alpha value is -2.58. The van der Waals surface area contributed by atoms with Gasteiger partial charge in [-0.25, -0.2) is 4.98 Å². The monoisotopic (exact) mass is 308 g/mol. The molecule has 0 atom stereocenters. The number of aryl methyl sites for hydroxylation is 1. The van der Waals surface area contributed by atoms with Crippen LogP contribution in [0.4, 0.5) is 11.5 Å². The third-order valence-electron chi connectivity index (χ3n) is 3.99. The van der Waals surface area contributed by atoms with Crippen LogP contribution in [-0.4, -0.2) is 31.3 Å². The molecule has 1 fully saturated rings. The summed E-state index contributed by atoms with van der Waals surface area (Å²) in [6, 6.07) is 14.5. The normalized spacial score (nSPS) is 14.3. The van der Waals surface area contributed by atoms with Crippen molar-refractivity contribution in [1.29, 1.82) is 5.26 Å². The Morgan fingerprint density at radius 3 is 2.61 bits per heavy atom. The molecular formula is C18H20N4O. The van der Waals surface area contributed by atoms with Gasteiger partial charge in [0.15, 0.2) is 0 Å². The van der Waals surface area contributed by atoms with E-state index in [1.54, 1.807) is 0 Å². The lowest BCUT2D eigenvalue weighted by Crippen LogP contribution is -2.36. The van der Waals surface area contributed by atoms with E-state index in [0.29, 0.717) is 12.2 Å². The van der Waals surface area contributed by atoms with Gasteiger partial charge in [0.1, 0.15) is 17.6 Å². The van der Waals surface area contributed by atoms with E-state index in [1.165, 1.54) is 11.3 Å². The smallest absolute Gasteiger partial charge is 0.145 e. The first-order chi connectivity index (χ1) is 11.3. The van der Waals surface area contributed by atoms with E-state index in [0.717, 1.165) is 37.7 Å². The van der Waals surface area contributed by atoms with Gasteiger partial charge in [0.05, 0.1) is 13.2 Å². The van der Waals surface area contributed by atoms with Crippen LogP contribution in [0.5, 0.6) is 0 Å². The summed E-state index contributed by atoms with van der Waals surface area (Å²) in [6.07, 6.45) is 0. The number of hydrogen-bond acceptors (Lipinski definition) is 5. The molecule has 0 amide bonds. The second-order valence-electron chi connectivity index (χ2n) is 5.59. The van der Waals surface area contributed by atoms with Gasteiger partial charge in [-0.2, -0.15) is 5.26 Å². The molecule has 1 N–H and O–H groups in total. The van der Waals surface area contributed by atoms with Crippen molar-refractivity contribution in [2.75, 3.05) is 36.5 Å². The molecule has 1 saturated heterocycles. The predicted molar refractivity (Wildman–Crippen MR) is 90.5 cm³/mol. The molecule has 0 saturated carbocycles. The molecule has 5 heteroatoms. The number of rotatable bonds is 4.